The Balaban J connectivity index is 0.722. The number of hydrogen-bond donors (Lipinski definition) is 7. The maximum absolute atomic E-state index is 14.0. The molecule has 0 spiro atoms. The minimum absolute atomic E-state index is 0.0285. The number of likely N-dealkylation sites (tertiary alicyclic amines) is 1. The number of aryl methyl sites for hydroxylation is 2. The lowest BCUT2D eigenvalue weighted by molar-refractivity contribution is -0.144. The summed E-state index contributed by atoms with van der Waals surface area (Å²) < 4.78 is 28.6. The second kappa shape index (κ2) is 28.5. The van der Waals surface area contributed by atoms with Crippen LogP contribution in [-0.2, 0) is 35.7 Å². The van der Waals surface area contributed by atoms with Gasteiger partial charge in [-0.2, -0.15) is 4.98 Å². The number of unbranched alkanes of at least 4 members (excludes halogenated alkanes) is 7. The zero-order chi connectivity index (χ0) is 58.3. The molecule has 438 valence electrons. The van der Waals surface area contributed by atoms with Crippen LogP contribution >= 0.6 is 11.3 Å². The Morgan fingerprint density at radius 1 is 0.778 bits per heavy atom. The first-order valence-electron chi connectivity index (χ1n) is 28.4. The van der Waals surface area contributed by atoms with E-state index in [1.54, 1.807) is 62.6 Å². The first-order valence-corrected chi connectivity index (χ1v) is 30.8. The number of nitrogens with one attached hydrogen (secondary N) is 6. The van der Waals surface area contributed by atoms with Gasteiger partial charge in [0.2, 0.25) is 39.6 Å². The third-order valence-corrected chi connectivity index (χ3v) is 17.1. The third-order valence-electron chi connectivity index (χ3n) is 14.4. The van der Waals surface area contributed by atoms with E-state index >= 15 is 0 Å². The highest BCUT2D eigenvalue weighted by Crippen LogP contribution is 2.30. The second-order valence-corrected chi connectivity index (χ2v) is 26.1. The molecule has 19 nitrogen and oxygen atoms in total. The number of amides is 4. The Kier molecular flexibility index (Phi) is 21.8. The largest absolute Gasteiger partial charge is 0.391 e. The highest BCUT2D eigenvalue weighted by molar-refractivity contribution is 7.89. The van der Waals surface area contributed by atoms with Gasteiger partial charge in [0.1, 0.15) is 17.9 Å². The Morgan fingerprint density at radius 3 is 2.11 bits per heavy atom. The van der Waals surface area contributed by atoms with Crippen molar-refractivity contribution in [3.05, 3.63) is 101 Å². The zero-order valence-corrected chi connectivity index (χ0v) is 50.1. The van der Waals surface area contributed by atoms with Gasteiger partial charge in [-0.3, -0.25) is 24.1 Å². The fraction of sp³-hybridized carbons (Fsp3) is 0.517. The Morgan fingerprint density at radius 2 is 1.46 bits per heavy atom. The van der Waals surface area contributed by atoms with Gasteiger partial charge in [-0.05, 0) is 106 Å². The molecule has 7 N–H and O–H groups in total. The van der Waals surface area contributed by atoms with Crippen LogP contribution in [0.2, 0.25) is 0 Å². The molecule has 2 fully saturated rings. The summed E-state index contributed by atoms with van der Waals surface area (Å²) in [6.07, 6.45) is 9.13. The molecule has 0 saturated carbocycles. The fourth-order valence-corrected chi connectivity index (χ4v) is 12.3. The highest BCUT2D eigenvalue weighted by atomic mass is 32.2. The van der Waals surface area contributed by atoms with Gasteiger partial charge >= 0.3 is 0 Å². The van der Waals surface area contributed by atoms with Crippen molar-refractivity contribution in [2.24, 2.45) is 5.41 Å². The number of benzene rings is 3. The summed E-state index contributed by atoms with van der Waals surface area (Å²) in [7, 11) is -3.71. The van der Waals surface area contributed by atoms with Crippen LogP contribution in [0, 0.1) is 19.3 Å². The van der Waals surface area contributed by atoms with Gasteiger partial charge in [0.05, 0.1) is 33.6 Å². The van der Waals surface area contributed by atoms with Crippen molar-refractivity contribution in [2.75, 3.05) is 61.3 Å². The lowest BCUT2D eigenvalue weighted by Gasteiger charge is -2.35. The van der Waals surface area contributed by atoms with Gasteiger partial charge in [-0.25, -0.2) is 23.1 Å². The van der Waals surface area contributed by atoms with Gasteiger partial charge in [0.15, 0.2) is 0 Å². The number of nitrogens with zero attached hydrogens (tertiary/aromatic N) is 6. The van der Waals surface area contributed by atoms with E-state index < -0.39 is 39.2 Å². The fourth-order valence-electron chi connectivity index (χ4n) is 9.99. The van der Waals surface area contributed by atoms with Gasteiger partial charge in [0.25, 0.3) is 0 Å². The predicted molar refractivity (Wildman–Crippen MR) is 321 cm³/mol. The van der Waals surface area contributed by atoms with Crippen molar-refractivity contribution in [2.45, 2.75) is 155 Å². The van der Waals surface area contributed by atoms with E-state index in [2.05, 4.69) is 68.2 Å². The summed E-state index contributed by atoms with van der Waals surface area (Å²) in [4.78, 5) is 74.2. The summed E-state index contributed by atoms with van der Waals surface area (Å²) >= 11 is 1.58. The number of aliphatic hydroxyl groups is 1. The minimum atomic E-state index is -3.71. The number of sulfonamides is 1. The monoisotopic (exact) mass is 1150 g/mol. The number of rotatable bonds is 26. The number of carbonyl (C=O) groups excluding carboxylic acids is 4. The number of carbonyl (C=O) groups is 4. The van der Waals surface area contributed by atoms with E-state index in [1.165, 1.54) is 4.90 Å². The lowest BCUT2D eigenvalue weighted by atomic mass is 9.85. The molecule has 81 heavy (non-hydrogen) atoms. The molecule has 2 aliphatic heterocycles. The number of thiazole rings is 1. The maximum Gasteiger partial charge on any atom is 0.246 e. The smallest absolute Gasteiger partial charge is 0.246 e. The number of anilines is 5. The predicted octanol–water partition coefficient (Wildman–Crippen LogP) is 8.34. The molecule has 0 aliphatic carbocycles. The second-order valence-electron chi connectivity index (χ2n) is 23.5. The van der Waals surface area contributed by atoms with E-state index in [9.17, 15) is 32.7 Å². The van der Waals surface area contributed by atoms with Crippen LogP contribution in [0.4, 0.5) is 28.8 Å². The molecule has 4 amide bonds. The molecule has 5 aromatic rings. The Labute approximate surface area is 483 Å². The summed E-state index contributed by atoms with van der Waals surface area (Å²) in [6, 6.07) is 20.9. The van der Waals surface area contributed by atoms with Gasteiger partial charge in [-0.1, -0.05) is 89.6 Å². The Hall–Kier alpha value is -6.52. The molecule has 2 aromatic heterocycles. The summed E-state index contributed by atoms with van der Waals surface area (Å²) in [5, 5.41) is 26.2. The van der Waals surface area contributed by atoms with E-state index in [-0.39, 0.29) is 48.0 Å². The van der Waals surface area contributed by atoms with E-state index in [1.807, 2.05) is 76.5 Å². The van der Waals surface area contributed by atoms with Crippen LogP contribution in [0.15, 0.2) is 89.4 Å². The molecule has 7 rings (SSSR count). The average molecular weight is 1150 g/mol. The molecule has 0 radical (unpaired) electrons. The first-order chi connectivity index (χ1) is 38.5. The molecule has 21 heteroatoms. The average Bonchev–Trinajstić information content (AvgIpc) is 4.04. The molecule has 0 bridgehead atoms. The number of aliphatic hydroxyl groups excluding tert-OH is 1. The maximum atomic E-state index is 14.0. The quantitative estimate of drug-likeness (QED) is 0.0258. The topological polar surface area (TPSA) is 243 Å². The first kappa shape index (κ1) is 62.1. The zero-order valence-electron chi connectivity index (χ0n) is 48.4. The molecular formula is C60H84N12O7S2. The van der Waals surface area contributed by atoms with E-state index in [0.29, 0.717) is 43.4 Å². The van der Waals surface area contributed by atoms with E-state index in [0.717, 1.165) is 110 Å². The van der Waals surface area contributed by atoms with Crippen LogP contribution in [0.5, 0.6) is 0 Å². The lowest BCUT2D eigenvalue weighted by Crippen LogP contribution is -2.57. The molecule has 3 aromatic carbocycles. The van der Waals surface area contributed by atoms with Crippen LogP contribution in [0.1, 0.15) is 123 Å². The summed E-state index contributed by atoms with van der Waals surface area (Å²) in [6.45, 7) is 19.4. The standard InChI is InChI=1S/C60H84N12O7S2/c1-41-36-63-58(68-55(41)65-46-18-17-19-49(34-46)81(78,79)69-60(6,7)8)66-45-25-27-47(28-26-45)71-32-30-70(31-33-71)39-52(75)61-29-16-14-12-10-9-11-13-15-20-51(74)67-54(59(3,4)5)57(77)72-38-48(73)35-50(72)56(76)62-37-43-21-23-44(24-22-43)53-42(2)64-40-80-53/h17-19,21-28,34,36,40,48,50,54,69,73H,9-16,20,29-33,35,37-39H2,1-8H3,(H,61,75)(H,62,76)(H,67,74)(H2,63,65,66,68)/t48-,50+,54?/m1/s1. The van der Waals surface area contributed by atoms with Gasteiger partial charge in [0, 0.05) is 93.0 Å². The van der Waals surface area contributed by atoms with Crippen molar-refractivity contribution in [1.29, 1.82) is 0 Å². The van der Waals surface area contributed by atoms with E-state index in [4.69, 9.17) is 0 Å². The number of β-amino-alcohol motifs (C(OH)–C–C–N with tert-alkyl or cyclic N) is 1. The molecule has 4 heterocycles. The molecule has 2 aliphatic rings. The number of aromatic nitrogens is 3. The highest BCUT2D eigenvalue weighted by Gasteiger charge is 2.44. The van der Waals surface area contributed by atoms with Crippen molar-refractivity contribution in [3.8, 4) is 10.4 Å². The minimum Gasteiger partial charge on any atom is -0.391 e. The third kappa shape index (κ3) is 18.8. The van der Waals surface area contributed by atoms with Gasteiger partial charge < -0.3 is 41.5 Å². The van der Waals surface area contributed by atoms with Crippen LogP contribution in [0.25, 0.3) is 10.4 Å². The molecule has 1 unspecified atom stereocenters. The number of hydrogen-bond acceptors (Lipinski definition) is 15. The normalized spacial score (nSPS) is 16.5. The number of piperazine rings is 1. The summed E-state index contributed by atoms with van der Waals surface area (Å²) in [5.74, 6) is 0.0972. The molecular weight excluding hydrogens is 1060 g/mol. The molecule has 3 atom stereocenters. The van der Waals surface area contributed by atoms with Crippen molar-refractivity contribution >= 4 is 73.8 Å². The van der Waals surface area contributed by atoms with Crippen LogP contribution in [0.3, 0.4) is 0 Å². The van der Waals surface area contributed by atoms with Crippen molar-refractivity contribution < 1.29 is 32.7 Å². The SMILES string of the molecule is Cc1cnc(Nc2ccc(N3CCN(CC(=O)NCCCCCCCCCCC(=O)NC(C(=O)N4C[C@H](O)C[C@H]4C(=O)NCc4ccc(-c5scnc5C)cc4)C(C)(C)C)CC3)cc2)nc1Nc1cccc(S(=O)(=O)NC(C)(C)C)c1. The molecule has 2 saturated heterocycles. The van der Waals surface area contributed by atoms with Crippen LogP contribution < -0.4 is 36.2 Å². The Bertz CT molecular complexity index is 3010. The van der Waals surface area contributed by atoms with Crippen LogP contribution in [-0.4, -0.2) is 131 Å². The van der Waals surface area contributed by atoms with Crippen molar-refractivity contribution in [1.82, 2.24) is 45.4 Å². The van der Waals surface area contributed by atoms with Crippen molar-refractivity contribution in [3.63, 3.8) is 0 Å². The summed E-state index contributed by atoms with van der Waals surface area (Å²) in [5.41, 5.74) is 6.82. The van der Waals surface area contributed by atoms with Gasteiger partial charge in [-0.15, -0.1) is 11.3 Å².